The van der Waals surface area contributed by atoms with Crippen LogP contribution < -0.4 is 22.1 Å². The molecule has 0 spiro atoms. The Hall–Kier alpha value is -2.12. The molecule has 5 rings (SSSR count). The Labute approximate surface area is 292 Å². The van der Waals surface area contributed by atoms with Gasteiger partial charge in [-0.05, 0) is 63.3 Å². The summed E-state index contributed by atoms with van der Waals surface area (Å²) in [4.78, 5) is 43.9. The fraction of sp³-hybridized carbons (Fsp3) is 0.882. The zero-order valence-corrected chi connectivity index (χ0v) is 29.0. The molecule has 0 aromatic carbocycles. The number of nitrogens with one attached hydrogen (secondary N) is 2. The summed E-state index contributed by atoms with van der Waals surface area (Å²) in [5, 5.41) is 62.3. The van der Waals surface area contributed by atoms with E-state index in [4.69, 9.17) is 25.7 Å². The molecule has 16 atom stereocenters. The quantitative estimate of drug-likeness (QED) is 0.0577. The van der Waals surface area contributed by atoms with Crippen LogP contribution in [0, 0.1) is 41.4 Å². The fourth-order valence-electron chi connectivity index (χ4n) is 9.51. The van der Waals surface area contributed by atoms with Gasteiger partial charge in [0.2, 0.25) is 0 Å². The van der Waals surface area contributed by atoms with Gasteiger partial charge < -0.3 is 66.6 Å². The number of aliphatic hydroxyl groups is 5. The Morgan fingerprint density at radius 2 is 1.84 bits per heavy atom. The topological polar surface area (TPSA) is 269 Å². The molecule has 2 heterocycles. The van der Waals surface area contributed by atoms with Crippen LogP contribution in [0.15, 0.2) is 4.99 Å². The largest absolute Gasteiger partial charge is 0.394 e. The van der Waals surface area contributed by atoms with Crippen molar-refractivity contribution < 1.29 is 54.1 Å². The van der Waals surface area contributed by atoms with Gasteiger partial charge in [-0.3, -0.25) is 14.6 Å². The van der Waals surface area contributed by atoms with Gasteiger partial charge in [0.05, 0.1) is 42.9 Å². The fourth-order valence-corrected chi connectivity index (χ4v) is 9.51. The van der Waals surface area contributed by atoms with E-state index in [0.29, 0.717) is 25.7 Å². The lowest BCUT2D eigenvalue weighted by atomic mass is 9.53. The molecule has 5 fully saturated rings. The lowest BCUT2D eigenvalue weighted by Gasteiger charge is -2.53. The molecule has 2 saturated heterocycles. The number of guanidine groups is 1. The number of nitrogens with two attached hydrogens (primary N) is 2. The number of nitrogens with zero attached hydrogens (tertiary/aromatic N) is 1. The van der Waals surface area contributed by atoms with Gasteiger partial charge in [-0.1, -0.05) is 0 Å². The van der Waals surface area contributed by atoms with Crippen LogP contribution >= 0.6 is 0 Å². The highest BCUT2D eigenvalue weighted by atomic mass is 16.7. The number of methoxy groups -OCH3 is 1. The van der Waals surface area contributed by atoms with E-state index in [1.165, 1.54) is 14.2 Å². The van der Waals surface area contributed by atoms with E-state index in [9.17, 15) is 39.9 Å². The van der Waals surface area contributed by atoms with Gasteiger partial charge in [0.25, 0.3) is 0 Å². The molecule has 0 bridgehead atoms. The first kappa shape index (κ1) is 39.1. The number of aliphatic hydroxyl groups excluding tert-OH is 4. The first-order valence-electron chi connectivity index (χ1n) is 18.1. The number of carbonyl (C=O) groups is 3. The molecule has 2 aliphatic heterocycles. The molecule has 3 aliphatic carbocycles. The molecular weight excluding hydrogens is 654 g/mol. The van der Waals surface area contributed by atoms with Gasteiger partial charge in [-0.2, -0.15) is 0 Å². The second kappa shape index (κ2) is 16.7. The third-order valence-electron chi connectivity index (χ3n) is 12.3. The summed E-state index contributed by atoms with van der Waals surface area (Å²) in [5.41, 5.74) is 9.90. The summed E-state index contributed by atoms with van der Waals surface area (Å²) in [7, 11) is 3.01. The van der Waals surface area contributed by atoms with E-state index >= 15 is 0 Å². The third-order valence-corrected chi connectivity index (χ3v) is 12.3. The summed E-state index contributed by atoms with van der Waals surface area (Å²) in [6.45, 7) is 0.233. The van der Waals surface area contributed by atoms with Crippen molar-refractivity contribution >= 4 is 23.8 Å². The molecule has 0 aromatic heterocycles. The molecule has 284 valence electrons. The molecule has 0 radical (unpaired) electrons. The molecule has 50 heavy (non-hydrogen) atoms. The van der Waals surface area contributed by atoms with E-state index in [2.05, 4.69) is 15.6 Å². The van der Waals surface area contributed by atoms with Crippen LogP contribution in [0.5, 0.6) is 0 Å². The molecule has 16 nitrogen and oxygen atoms in total. The second-order valence-corrected chi connectivity index (χ2v) is 15.0. The number of carbonyl (C=O) groups excluding carboxylic acids is 3. The van der Waals surface area contributed by atoms with Crippen molar-refractivity contribution in [2.24, 2.45) is 57.9 Å². The van der Waals surface area contributed by atoms with E-state index < -0.39 is 84.7 Å². The number of hydrogen-bond donors (Lipinski definition) is 9. The first-order chi connectivity index (χ1) is 23.9. The molecule has 0 aromatic rings. The monoisotopic (exact) mass is 711 g/mol. The molecule has 5 aliphatic rings. The number of rotatable bonds is 12. The molecule has 3 saturated carbocycles. The summed E-state index contributed by atoms with van der Waals surface area (Å²) < 4.78 is 17.9. The van der Waals surface area contributed by atoms with Crippen LogP contribution in [0.3, 0.4) is 0 Å². The number of ketones is 2. The van der Waals surface area contributed by atoms with E-state index in [1.807, 2.05) is 0 Å². The zero-order chi connectivity index (χ0) is 36.3. The summed E-state index contributed by atoms with van der Waals surface area (Å²) in [5.74, 6) is -4.53. The Kier molecular flexibility index (Phi) is 13.1. The zero-order valence-electron chi connectivity index (χ0n) is 29.0. The number of fused-ring (bicyclic) bond motifs is 2. The van der Waals surface area contributed by atoms with Crippen LogP contribution in [-0.2, 0) is 28.6 Å². The minimum Gasteiger partial charge on any atom is -0.394 e. The highest BCUT2D eigenvalue weighted by molar-refractivity contribution is 6.00. The lowest BCUT2D eigenvalue weighted by molar-refractivity contribution is -0.346. The van der Waals surface area contributed by atoms with Crippen molar-refractivity contribution in [2.45, 2.75) is 112 Å². The van der Waals surface area contributed by atoms with Gasteiger partial charge in [0.15, 0.2) is 12.2 Å². The molecule has 0 amide bonds. The van der Waals surface area contributed by atoms with Crippen LogP contribution in [0.25, 0.3) is 0 Å². The lowest BCUT2D eigenvalue weighted by Crippen LogP contribution is -2.68. The maximum Gasteiger partial charge on any atom is 0.188 e. The Morgan fingerprint density at radius 3 is 2.50 bits per heavy atom. The summed E-state index contributed by atoms with van der Waals surface area (Å²) in [6, 6.07) is 0. The van der Waals surface area contributed by atoms with Crippen LogP contribution in [-0.4, -0.2) is 138 Å². The Balaban J connectivity index is 1.36. The standard InChI is InChI=1S/C34H57N5O11/c1-37-33(36)39-14-21-17(4-3-9-40)11-19-26(28(21)43)29(44)25-20(27(19)42)12-18(48-2)13-22(25)49-32-30(45)31(46)34(47,23(15-41)50-32)7-5-16-6-8-38-24(35)10-16/h9,16-26,28,30-32,38,41,43,45-47H,3-8,10-15,35H2,1-2H3,(H3,36,37,39). The Morgan fingerprint density at radius 1 is 1.10 bits per heavy atom. The van der Waals surface area contributed by atoms with Gasteiger partial charge in [0, 0.05) is 51.3 Å². The third kappa shape index (κ3) is 7.80. The molecule has 16 unspecified atom stereocenters. The first-order valence-corrected chi connectivity index (χ1v) is 18.1. The van der Waals surface area contributed by atoms with Gasteiger partial charge in [0.1, 0.15) is 41.8 Å². The average molecular weight is 712 g/mol. The second-order valence-electron chi connectivity index (χ2n) is 15.0. The van der Waals surface area contributed by atoms with Crippen molar-refractivity contribution in [2.75, 3.05) is 33.9 Å². The van der Waals surface area contributed by atoms with E-state index in [-0.39, 0.29) is 67.8 Å². The predicted molar refractivity (Wildman–Crippen MR) is 178 cm³/mol. The maximum absolute atomic E-state index is 14.5. The number of ether oxygens (including phenoxy) is 3. The number of Topliss-reactive ketones (excluding diaryl/α,β-unsaturated/α-hetero) is 2. The number of piperidine rings is 1. The average Bonchev–Trinajstić information content (AvgIpc) is 3.11. The van der Waals surface area contributed by atoms with Crippen molar-refractivity contribution in [3.05, 3.63) is 0 Å². The smallest absolute Gasteiger partial charge is 0.188 e. The van der Waals surface area contributed by atoms with Crippen molar-refractivity contribution in [1.29, 1.82) is 0 Å². The number of aliphatic imine (C=N–C) groups is 1. The SMILES string of the molecule is CN=C(N)NCC1C(CCC=O)CC2C(=O)C3CC(OC)CC(OC4OC(CO)C(O)(CCC5CCNC(N)C5)C(O)C4O)C3C(=O)C2C1O. The highest BCUT2D eigenvalue weighted by Gasteiger charge is 2.62. The number of hydrogen-bond acceptors (Lipinski definition) is 14. The van der Waals surface area contributed by atoms with Crippen LogP contribution in [0.4, 0.5) is 0 Å². The van der Waals surface area contributed by atoms with Crippen LogP contribution in [0.1, 0.15) is 57.8 Å². The predicted octanol–water partition coefficient (Wildman–Crippen LogP) is -2.46. The summed E-state index contributed by atoms with van der Waals surface area (Å²) in [6.07, 6.45) is -5.02. The molecule has 11 N–H and O–H groups in total. The van der Waals surface area contributed by atoms with Gasteiger partial charge in [-0.15, -0.1) is 0 Å². The normalized spacial score (nSPS) is 45.4. The maximum atomic E-state index is 14.5. The van der Waals surface area contributed by atoms with Gasteiger partial charge >= 0.3 is 0 Å². The van der Waals surface area contributed by atoms with Crippen molar-refractivity contribution in [3.8, 4) is 0 Å². The van der Waals surface area contributed by atoms with Crippen molar-refractivity contribution in [1.82, 2.24) is 10.6 Å². The minimum absolute atomic E-state index is 0.0357. The number of aldehydes is 1. The minimum atomic E-state index is -1.99. The molecular formula is C34H57N5O11. The van der Waals surface area contributed by atoms with Crippen LogP contribution in [0.2, 0.25) is 0 Å². The van der Waals surface area contributed by atoms with Crippen molar-refractivity contribution in [3.63, 3.8) is 0 Å². The highest BCUT2D eigenvalue weighted by Crippen LogP contribution is 2.51. The Bertz CT molecular complexity index is 1220. The summed E-state index contributed by atoms with van der Waals surface area (Å²) >= 11 is 0. The van der Waals surface area contributed by atoms with E-state index in [0.717, 1.165) is 19.3 Å². The molecule has 16 heteroatoms. The van der Waals surface area contributed by atoms with Gasteiger partial charge in [-0.25, -0.2) is 0 Å². The van der Waals surface area contributed by atoms with E-state index in [1.54, 1.807) is 0 Å².